The fourth-order valence-electron chi connectivity index (χ4n) is 2.21. The highest BCUT2D eigenvalue weighted by molar-refractivity contribution is 9.10. The van der Waals surface area contributed by atoms with Gasteiger partial charge in [0.05, 0.1) is 0 Å². The average molecular weight is 357 g/mol. The van der Waals surface area contributed by atoms with Gasteiger partial charge in [0.1, 0.15) is 5.82 Å². The predicted molar refractivity (Wildman–Crippen MR) is 85.5 cm³/mol. The van der Waals surface area contributed by atoms with Crippen molar-refractivity contribution >= 4 is 27.5 Å². The molecule has 0 bridgehead atoms. The zero-order valence-corrected chi connectivity index (χ0v) is 13.3. The molecule has 0 saturated heterocycles. The van der Waals surface area contributed by atoms with Crippen molar-refractivity contribution in [3.63, 3.8) is 0 Å². The van der Waals surface area contributed by atoms with E-state index in [2.05, 4.69) is 28.1 Å². The van der Waals surface area contributed by atoms with Crippen LogP contribution in [0.4, 0.5) is 4.39 Å². The molecule has 0 saturated carbocycles. The van der Waals surface area contributed by atoms with Crippen LogP contribution in [0.15, 0.2) is 46.9 Å². The second kappa shape index (κ2) is 7.21. The van der Waals surface area contributed by atoms with E-state index >= 15 is 0 Å². The molecule has 0 aliphatic carbocycles. The zero-order valence-electron chi connectivity index (χ0n) is 11.0. The highest BCUT2D eigenvalue weighted by Gasteiger charge is 2.14. The van der Waals surface area contributed by atoms with E-state index < -0.39 is 0 Å². The van der Waals surface area contributed by atoms with Gasteiger partial charge in [-0.25, -0.2) is 4.39 Å². The maximum absolute atomic E-state index is 13.8. The first-order valence-corrected chi connectivity index (χ1v) is 7.64. The molecule has 2 aromatic carbocycles. The molecule has 4 heteroatoms. The van der Waals surface area contributed by atoms with Gasteiger partial charge in [0.25, 0.3) is 0 Å². The molecule has 0 aromatic heterocycles. The number of rotatable bonds is 5. The lowest BCUT2D eigenvalue weighted by Gasteiger charge is -2.16. The minimum atomic E-state index is -0.258. The Balaban J connectivity index is 2.11. The van der Waals surface area contributed by atoms with Crippen molar-refractivity contribution in [2.75, 3.05) is 6.54 Å². The number of benzene rings is 2. The van der Waals surface area contributed by atoms with E-state index in [9.17, 15) is 4.39 Å². The van der Waals surface area contributed by atoms with Crippen LogP contribution in [0.2, 0.25) is 5.02 Å². The second-order valence-corrected chi connectivity index (χ2v) is 6.16. The molecule has 0 amide bonds. The third-order valence-corrected chi connectivity index (χ3v) is 4.21. The molecule has 2 rings (SSSR count). The van der Waals surface area contributed by atoms with Crippen LogP contribution in [0.25, 0.3) is 0 Å². The van der Waals surface area contributed by atoms with E-state index in [0.717, 1.165) is 10.9 Å². The minimum absolute atomic E-state index is 0.172. The summed E-state index contributed by atoms with van der Waals surface area (Å²) in [6, 6.07) is 12.9. The van der Waals surface area contributed by atoms with Gasteiger partial charge >= 0.3 is 0 Å². The van der Waals surface area contributed by atoms with E-state index in [1.54, 1.807) is 12.1 Å². The van der Waals surface area contributed by atoms with E-state index in [4.69, 9.17) is 17.3 Å². The fraction of sp³-hybridized carbons (Fsp3) is 0.250. The first-order chi connectivity index (χ1) is 9.60. The van der Waals surface area contributed by atoms with Gasteiger partial charge in [0, 0.05) is 15.1 Å². The van der Waals surface area contributed by atoms with Gasteiger partial charge in [0.15, 0.2) is 0 Å². The summed E-state index contributed by atoms with van der Waals surface area (Å²) in [6.45, 7) is 0.501. The van der Waals surface area contributed by atoms with Gasteiger partial charge in [-0.05, 0) is 55.1 Å². The Morgan fingerprint density at radius 2 is 1.80 bits per heavy atom. The Kier molecular flexibility index (Phi) is 5.58. The van der Waals surface area contributed by atoms with E-state index in [0.29, 0.717) is 23.6 Å². The number of hydrogen-bond acceptors (Lipinski definition) is 1. The van der Waals surface area contributed by atoms with Gasteiger partial charge in [-0.1, -0.05) is 45.7 Å². The molecule has 0 heterocycles. The summed E-state index contributed by atoms with van der Waals surface area (Å²) in [5.74, 6) is -0.0858. The molecule has 2 aromatic rings. The van der Waals surface area contributed by atoms with Crippen molar-refractivity contribution in [2.24, 2.45) is 11.7 Å². The van der Waals surface area contributed by atoms with Crippen molar-refractivity contribution in [1.82, 2.24) is 0 Å². The Bertz CT molecular complexity index is 551. The molecule has 0 spiro atoms. The number of nitrogens with two attached hydrogens (primary N) is 1. The summed E-state index contributed by atoms with van der Waals surface area (Å²) in [5.41, 5.74) is 7.57. The van der Waals surface area contributed by atoms with Crippen molar-refractivity contribution in [3.8, 4) is 0 Å². The highest BCUT2D eigenvalue weighted by atomic mass is 79.9. The lowest BCUT2D eigenvalue weighted by molar-refractivity contribution is 0.512. The molecule has 1 atom stereocenters. The highest BCUT2D eigenvalue weighted by Crippen LogP contribution is 2.24. The maximum atomic E-state index is 13.8. The maximum Gasteiger partial charge on any atom is 0.127 e. The van der Waals surface area contributed by atoms with Crippen molar-refractivity contribution in [1.29, 1.82) is 0 Å². The first-order valence-electron chi connectivity index (χ1n) is 6.47. The molecule has 1 unspecified atom stereocenters. The SMILES string of the molecule is NCC(Cc1ccc(Br)cc1)Cc1c(F)cccc1Cl. The van der Waals surface area contributed by atoms with Crippen LogP contribution >= 0.6 is 27.5 Å². The summed E-state index contributed by atoms with van der Waals surface area (Å²) in [6.07, 6.45) is 1.37. The molecule has 0 radical (unpaired) electrons. The average Bonchev–Trinajstić information content (AvgIpc) is 2.44. The first kappa shape index (κ1) is 15.5. The number of halogens is 3. The summed E-state index contributed by atoms with van der Waals surface area (Å²) in [4.78, 5) is 0. The molecule has 106 valence electrons. The van der Waals surface area contributed by atoms with Gasteiger partial charge in [0.2, 0.25) is 0 Å². The molecule has 0 aliphatic rings. The Morgan fingerprint density at radius 3 is 2.40 bits per heavy atom. The topological polar surface area (TPSA) is 26.0 Å². The largest absolute Gasteiger partial charge is 0.330 e. The Labute approximate surface area is 132 Å². The van der Waals surface area contributed by atoms with Gasteiger partial charge < -0.3 is 5.73 Å². The van der Waals surface area contributed by atoms with Crippen molar-refractivity contribution in [3.05, 3.63) is 68.9 Å². The minimum Gasteiger partial charge on any atom is -0.330 e. The summed E-state index contributed by atoms with van der Waals surface area (Å²) < 4.78 is 14.9. The molecular formula is C16H16BrClFN. The van der Waals surface area contributed by atoms with Crippen LogP contribution < -0.4 is 5.73 Å². The number of hydrogen-bond donors (Lipinski definition) is 1. The molecule has 0 aliphatic heterocycles. The van der Waals surface area contributed by atoms with E-state index in [-0.39, 0.29) is 11.7 Å². The van der Waals surface area contributed by atoms with Crippen molar-refractivity contribution < 1.29 is 4.39 Å². The predicted octanol–water partition coefficient (Wildman–Crippen LogP) is 4.60. The second-order valence-electron chi connectivity index (χ2n) is 4.84. The molecule has 1 nitrogen and oxygen atoms in total. The Morgan fingerprint density at radius 1 is 1.10 bits per heavy atom. The molecule has 20 heavy (non-hydrogen) atoms. The monoisotopic (exact) mass is 355 g/mol. The van der Waals surface area contributed by atoms with E-state index in [1.807, 2.05) is 12.1 Å². The lowest BCUT2D eigenvalue weighted by atomic mass is 9.92. The van der Waals surface area contributed by atoms with Gasteiger partial charge in [-0.2, -0.15) is 0 Å². The van der Waals surface area contributed by atoms with Crippen LogP contribution in [-0.2, 0) is 12.8 Å². The third-order valence-electron chi connectivity index (χ3n) is 3.33. The van der Waals surface area contributed by atoms with Crippen LogP contribution in [0.3, 0.4) is 0 Å². The van der Waals surface area contributed by atoms with Crippen LogP contribution in [0.1, 0.15) is 11.1 Å². The zero-order chi connectivity index (χ0) is 14.5. The van der Waals surface area contributed by atoms with Gasteiger partial charge in [-0.15, -0.1) is 0 Å². The molecule has 0 fully saturated rings. The summed E-state index contributed by atoms with van der Waals surface area (Å²) in [7, 11) is 0. The van der Waals surface area contributed by atoms with E-state index in [1.165, 1.54) is 11.6 Å². The van der Waals surface area contributed by atoms with Gasteiger partial charge in [-0.3, -0.25) is 0 Å². The van der Waals surface area contributed by atoms with Crippen LogP contribution in [0, 0.1) is 11.7 Å². The molecule has 2 N–H and O–H groups in total. The smallest absolute Gasteiger partial charge is 0.127 e. The summed E-state index contributed by atoms with van der Waals surface area (Å²) >= 11 is 9.48. The lowest BCUT2D eigenvalue weighted by Crippen LogP contribution is -2.20. The van der Waals surface area contributed by atoms with Crippen LogP contribution in [-0.4, -0.2) is 6.54 Å². The Hall–Kier alpha value is -0.900. The van der Waals surface area contributed by atoms with Crippen LogP contribution in [0.5, 0.6) is 0 Å². The van der Waals surface area contributed by atoms with Crippen molar-refractivity contribution in [2.45, 2.75) is 12.8 Å². The quantitative estimate of drug-likeness (QED) is 0.832. The normalized spacial score (nSPS) is 12.4. The third kappa shape index (κ3) is 4.05. The fourth-order valence-corrected chi connectivity index (χ4v) is 2.71. The standard InChI is InChI=1S/C16H16BrClFN/c17-13-6-4-11(5-7-13)8-12(10-20)9-14-15(18)2-1-3-16(14)19/h1-7,12H,8-10,20H2. The summed E-state index contributed by atoms with van der Waals surface area (Å²) in [5, 5.41) is 0.472. The molecular weight excluding hydrogens is 341 g/mol.